The van der Waals surface area contributed by atoms with E-state index in [9.17, 15) is 19.7 Å². The van der Waals surface area contributed by atoms with Crippen LogP contribution in [0.5, 0.6) is 0 Å². The summed E-state index contributed by atoms with van der Waals surface area (Å²) in [4.78, 5) is 38.8. The summed E-state index contributed by atoms with van der Waals surface area (Å²) in [6, 6.07) is 3.88. The highest BCUT2D eigenvalue weighted by Gasteiger charge is 2.19. The predicted molar refractivity (Wildman–Crippen MR) is 85.2 cm³/mol. The van der Waals surface area contributed by atoms with Crippen molar-refractivity contribution in [3.63, 3.8) is 0 Å². The number of carbonyl (C=O) groups excluding carboxylic acids is 1. The van der Waals surface area contributed by atoms with Crippen LogP contribution in [0.3, 0.4) is 0 Å². The number of nitro benzene ring substituents is 1. The van der Waals surface area contributed by atoms with Crippen LogP contribution >= 0.6 is 0 Å². The Morgan fingerprint density at radius 1 is 1.43 bits per heavy atom. The van der Waals surface area contributed by atoms with Gasteiger partial charge in [0.2, 0.25) is 5.91 Å². The lowest BCUT2D eigenvalue weighted by Crippen LogP contribution is -2.45. The van der Waals surface area contributed by atoms with E-state index in [2.05, 4.69) is 10.3 Å². The van der Waals surface area contributed by atoms with Crippen LogP contribution in [0.1, 0.15) is 27.2 Å². The number of hydrogen-bond donors (Lipinski definition) is 1. The molecule has 0 fully saturated rings. The molecular formula is C15H18N4O4. The van der Waals surface area contributed by atoms with Gasteiger partial charge in [0.1, 0.15) is 6.54 Å². The Hall–Kier alpha value is -2.77. The molecule has 0 unspecified atom stereocenters. The molecule has 1 N–H and O–H groups in total. The van der Waals surface area contributed by atoms with Crippen molar-refractivity contribution < 1.29 is 9.72 Å². The second-order valence-electron chi connectivity index (χ2n) is 5.92. The molecule has 8 heteroatoms. The Morgan fingerprint density at radius 2 is 2.13 bits per heavy atom. The van der Waals surface area contributed by atoms with Crippen molar-refractivity contribution in [1.29, 1.82) is 0 Å². The molecule has 1 amide bonds. The van der Waals surface area contributed by atoms with E-state index >= 15 is 0 Å². The van der Waals surface area contributed by atoms with Crippen LogP contribution in [-0.2, 0) is 11.3 Å². The van der Waals surface area contributed by atoms with Crippen LogP contribution in [0.25, 0.3) is 10.9 Å². The number of benzene rings is 1. The van der Waals surface area contributed by atoms with E-state index in [1.807, 2.05) is 20.8 Å². The zero-order chi connectivity index (χ0) is 17.2. The fourth-order valence-corrected chi connectivity index (χ4v) is 2.03. The Bertz CT molecular complexity index is 826. The number of rotatable bonds is 5. The van der Waals surface area contributed by atoms with Gasteiger partial charge in [0.05, 0.1) is 22.2 Å². The normalized spacial score (nSPS) is 11.4. The summed E-state index contributed by atoms with van der Waals surface area (Å²) in [5.74, 6) is -0.314. The molecule has 8 nitrogen and oxygen atoms in total. The van der Waals surface area contributed by atoms with Gasteiger partial charge in [0.15, 0.2) is 0 Å². The third kappa shape index (κ3) is 3.71. The molecule has 0 aliphatic carbocycles. The van der Waals surface area contributed by atoms with Crippen molar-refractivity contribution in [3.8, 4) is 0 Å². The highest BCUT2D eigenvalue weighted by Crippen LogP contribution is 2.16. The number of amides is 1. The monoisotopic (exact) mass is 318 g/mol. The van der Waals surface area contributed by atoms with Gasteiger partial charge in [-0.1, -0.05) is 6.92 Å². The molecule has 0 atom stereocenters. The smallest absolute Gasteiger partial charge is 0.270 e. The number of nitrogens with one attached hydrogen (secondary N) is 1. The molecule has 0 bridgehead atoms. The number of nitrogens with zero attached hydrogens (tertiary/aromatic N) is 3. The van der Waals surface area contributed by atoms with Gasteiger partial charge in [0, 0.05) is 17.7 Å². The minimum atomic E-state index is -0.577. The molecule has 2 aromatic rings. The van der Waals surface area contributed by atoms with Crippen molar-refractivity contribution in [2.45, 2.75) is 39.3 Å². The lowest BCUT2D eigenvalue weighted by Gasteiger charge is -2.24. The van der Waals surface area contributed by atoms with Crippen LogP contribution < -0.4 is 10.9 Å². The maximum absolute atomic E-state index is 12.4. The van der Waals surface area contributed by atoms with E-state index in [0.717, 1.165) is 11.0 Å². The molecule has 0 saturated carbocycles. The quantitative estimate of drug-likeness (QED) is 0.665. The van der Waals surface area contributed by atoms with Gasteiger partial charge >= 0.3 is 0 Å². The Kier molecular flexibility index (Phi) is 4.44. The summed E-state index contributed by atoms with van der Waals surface area (Å²) in [6.45, 7) is 5.53. The Balaban J connectivity index is 2.35. The second kappa shape index (κ2) is 6.15. The third-order valence-corrected chi connectivity index (χ3v) is 3.69. The molecule has 0 aliphatic rings. The van der Waals surface area contributed by atoms with Gasteiger partial charge in [-0.05, 0) is 26.3 Å². The first-order valence-corrected chi connectivity index (χ1v) is 7.18. The maximum Gasteiger partial charge on any atom is 0.270 e. The molecule has 0 saturated heterocycles. The summed E-state index contributed by atoms with van der Waals surface area (Å²) >= 11 is 0. The van der Waals surface area contributed by atoms with Crippen LogP contribution in [0.2, 0.25) is 0 Å². The second-order valence-corrected chi connectivity index (χ2v) is 5.92. The van der Waals surface area contributed by atoms with Crippen molar-refractivity contribution in [1.82, 2.24) is 14.9 Å². The lowest BCUT2D eigenvalue weighted by molar-refractivity contribution is -0.384. The zero-order valence-electron chi connectivity index (χ0n) is 13.2. The van der Waals surface area contributed by atoms with E-state index in [4.69, 9.17) is 0 Å². The number of non-ortho nitro benzene ring substituents is 1. The molecule has 122 valence electrons. The number of carbonyl (C=O) groups is 1. The maximum atomic E-state index is 12.4. The van der Waals surface area contributed by atoms with E-state index in [0.29, 0.717) is 5.52 Å². The highest BCUT2D eigenvalue weighted by molar-refractivity contribution is 5.81. The molecule has 0 aliphatic heterocycles. The predicted octanol–water partition coefficient (Wildman–Crippen LogP) is 1.61. The molecule has 0 spiro atoms. The third-order valence-electron chi connectivity index (χ3n) is 3.69. The molecule has 1 aromatic carbocycles. The zero-order valence-corrected chi connectivity index (χ0v) is 13.2. The number of aromatic nitrogens is 2. The first kappa shape index (κ1) is 16.6. The standard InChI is InChI=1S/C15H18N4O4/c1-4-15(2,3)17-13(20)8-18-9-16-12-6-5-10(19(22)23)7-11(12)14(18)21/h5-7,9H,4,8H2,1-3H3,(H,17,20). The molecular weight excluding hydrogens is 300 g/mol. The van der Waals surface area contributed by atoms with Crippen molar-refractivity contribution >= 4 is 22.5 Å². The van der Waals surface area contributed by atoms with Crippen LogP contribution in [0, 0.1) is 10.1 Å². The topological polar surface area (TPSA) is 107 Å². The van der Waals surface area contributed by atoms with Crippen molar-refractivity contribution in [2.24, 2.45) is 0 Å². The minimum Gasteiger partial charge on any atom is -0.350 e. The van der Waals surface area contributed by atoms with Crippen LogP contribution in [-0.4, -0.2) is 25.9 Å². The van der Waals surface area contributed by atoms with Crippen molar-refractivity contribution in [2.75, 3.05) is 0 Å². The summed E-state index contributed by atoms with van der Waals surface area (Å²) < 4.78 is 1.15. The highest BCUT2D eigenvalue weighted by atomic mass is 16.6. The average Bonchev–Trinajstić information content (AvgIpc) is 2.49. The fraction of sp³-hybridized carbons (Fsp3) is 0.400. The van der Waals surface area contributed by atoms with Crippen LogP contribution in [0.15, 0.2) is 29.3 Å². The first-order chi connectivity index (χ1) is 10.7. The van der Waals surface area contributed by atoms with Gasteiger partial charge in [-0.15, -0.1) is 0 Å². The van der Waals surface area contributed by atoms with Crippen LogP contribution in [0.4, 0.5) is 5.69 Å². The van der Waals surface area contributed by atoms with Crippen molar-refractivity contribution in [3.05, 3.63) is 45.0 Å². The summed E-state index contributed by atoms with van der Waals surface area (Å²) in [7, 11) is 0. The van der Waals surface area contributed by atoms with E-state index in [-0.39, 0.29) is 29.1 Å². The molecule has 1 aromatic heterocycles. The number of hydrogen-bond acceptors (Lipinski definition) is 5. The van der Waals surface area contributed by atoms with Gasteiger partial charge < -0.3 is 5.32 Å². The lowest BCUT2D eigenvalue weighted by atomic mass is 10.0. The Morgan fingerprint density at radius 3 is 2.74 bits per heavy atom. The summed E-state index contributed by atoms with van der Waals surface area (Å²) in [6.07, 6.45) is 2.02. The average molecular weight is 318 g/mol. The fourth-order valence-electron chi connectivity index (χ4n) is 2.03. The largest absolute Gasteiger partial charge is 0.350 e. The SMILES string of the molecule is CCC(C)(C)NC(=O)Cn1cnc2ccc([N+](=O)[O-])cc2c1=O. The minimum absolute atomic E-state index is 0.115. The van der Waals surface area contributed by atoms with Gasteiger partial charge in [-0.25, -0.2) is 4.98 Å². The molecule has 1 heterocycles. The van der Waals surface area contributed by atoms with Gasteiger partial charge in [0.25, 0.3) is 11.2 Å². The molecule has 23 heavy (non-hydrogen) atoms. The number of nitro groups is 1. The molecule has 2 rings (SSSR count). The Labute approximate surface area is 132 Å². The van der Waals surface area contributed by atoms with E-state index in [1.165, 1.54) is 24.5 Å². The van der Waals surface area contributed by atoms with Gasteiger partial charge in [-0.3, -0.25) is 24.3 Å². The summed E-state index contributed by atoms with van der Waals surface area (Å²) in [5, 5.41) is 13.8. The molecule has 0 radical (unpaired) electrons. The summed E-state index contributed by atoms with van der Waals surface area (Å²) in [5.41, 5.74) is -0.691. The van der Waals surface area contributed by atoms with Gasteiger partial charge in [-0.2, -0.15) is 0 Å². The van der Waals surface area contributed by atoms with E-state index < -0.39 is 10.5 Å². The number of fused-ring (bicyclic) bond motifs is 1. The first-order valence-electron chi connectivity index (χ1n) is 7.18. The van der Waals surface area contributed by atoms with E-state index in [1.54, 1.807) is 0 Å².